The number of carboxylic acids is 1. The molecule has 2 unspecified atom stereocenters. The average molecular weight is 355 g/mol. The summed E-state index contributed by atoms with van der Waals surface area (Å²) in [4.78, 5) is 23.0. The number of halogens is 1. The molecule has 21 heavy (non-hydrogen) atoms. The Bertz CT molecular complexity index is 527. The third kappa shape index (κ3) is 4.46. The zero-order valence-corrected chi connectivity index (χ0v) is 13.4. The SMILES string of the molecule is Cc1cc(Br)cc(NC(=O)NCC2CCCC2C(=O)O)c1. The molecule has 1 aliphatic rings. The molecule has 3 N–H and O–H groups in total. The number of carboxylic acid groups (broad SMARTS) is 1. The van der Waals surface area contributed by atoms with Crippen molar-refractivity contribution in [3.63, 3.8) is 0 Å². The van der Waals surface area contributed by atoms with Crippen LogP contribution in [0.3, 0.4) is 0 Å². The molecule has 2 atom stereocenters. The number of carbonyl (C=O) groups is 2. The Kier molecular flexibility index (Phi) is 5.22. The minimum Gasteiger partial charge on any atom is -0.481 e. The maximum Gasteiger partial charge on any atom is 0.319 e. The van der Waals surface area contributed by atoms with E-state index in [1.54, 1.807) is 0 Å². The summed E-state index contributed by atoms with van der Waals surface area (Å²) in [6, 6.07) is 5.35. The van der Waals surface area contributed by atoms with Gasteiger partial charge >= 0.3 is 12.0 Å². The van der Waals surface area contributed by atoms with Crippen LogP contribution in [-0.4, -0.2) is 23.7 Å². The fourth-order valence-electron chi connectivity index (χ4n) is 2.81. The number of hydrogen-bond acceptors (Lipinski definition) is 2. The number of benzene rings is 1. The minimum atomic E-state index is -0.762. The van der Waals surface area contributed by atoms with Gasteiger partial charge in [-0.25, -0.2) is 4.79 Å². The highest BCUT2D eigenvalue weighted by Gasteiger charge is 2.32. The van der Waals surface area contributed by atoms with Gasteiger partial charge in [-0.3, -0.25) is 4.79 Å². The summed E-state index contributed by atoms with van der Waals surface area (Å²) in [5.74, 6) is -1.07. The van der Waals surface area contributed by atoms with E-state index in [1.165, 1.54) is 0 Å². The molecule has 6 heteroatoms. The van der Waals surface area contributed by atoms with Crippen LogP contribution in [0.1, 0.15) is 24.8 Å². The van der Waals surface area contributed by atoms with E-state index in [4.69, 9.17) is 5.11 Å². The van der Waals surface area contributed by atoms with Crippen LogP contribution in [0.5, 0.6) is 0 Å². The molecule has 1 aromatic carbocycles. The smallest absolute Gasteiger partial charge is 0.319 e. The van der Waals surface area contributed by atoms with Crippen LogP contribution in [-0.2, 0) is 4.79 Å². The normalized spacial score (nSPS) is 21.0. The lowest BCUT2D eigenvalue weighted by Gasteiger charge is -2.16. The Balaban J connectivity index is 1.86. The van der Waals surface area contributed by atoms with Crippen molar-refractivity contribution < 1.29 is 14.7 Å². The van der Waals surface area contributed by atoms with Crippen molar-refractivity contribution in [2.45, 2.75) is 26.2 Å². The number of aryl methyl sites for hydroxylation is 1. The molecule has 1 aromatic rings. The number of anilines is 1. The second kappa shape index (κ2) is 6.93. The number of nitrogens with one attached hydrogen (secondary N) is 2. The first-order chi connectivity index (χ1) is 9.95. The lowest BCUT2D eigenvalue weighted by Crippen LogP contribution is -2.35. The Labute approximate surface area is 132 Å². The Morgan fingerprint density at radius 2 is 2.10 bits per heavy atom. The molecule has 2 rings (SSSR count). The van der Waals surface area contributed by atoms with Gasteiger partial charge in [0.1, 0.15) is 0 Å². The highest BCUT2D eigenvalue weighted by Crippen LogP contribution is 2.31. The van der Waals surface area contributed by atoms with E-state index in [1.807, 2.05) is 25.1 Å². The summed E-state index contributed by atoms with van der Waals surface area (Å²) < 4.78 is 0.902. The van der Waals surface area contributed by atoms with E-state index in [0.717, 1.165) is 22.9 Å². The second-order valence-electron chi connectivity index (χ2n) is 5.49. The zero-order valence-electron chi connectivity index (χ0n) is 11.9. The van der Waals surface area contributed by atoms with Gasteiger partial charge in [0.05, 0.1) is 5.92 Å². The highest BCUT2D eigenvalue weighted by molar-refractivity contribution is 9.10. The standard InChI is InChI=1S/C15H19BrN2O3/c1-9-5-11(16)7-12(6-9)18-15(21)17-8-10-3-2-4-13(10)14(19)20/h5-7,10,13H,2-4,8H2,1H3,(H,19,20)(H2,17,18,21). The van der Waals surface area contributed by atoms with Crippen LogP contribution in [0, 0.1) is 18.8 Å². The summed E-state index contributed by atoms with van der Waals surface area (Å²) in [6.07, 6.45) is 2.47. The molecule has 0 bridgehead atoms. The quantitative estimate of drug-likeness (QED) is 0.775. The Morgan fingerprint density at radius 3 is 2.76 bits per heavy atom. The predicted octanol–water partition coefficient (Wildman–Crippen LogP) is 3.38. The molecule has 114 valence electrons. The second-order valence-corrected chi connectivity index (χ2v) is 6.40. The third-order valence-corrected chi connectivity index (χ3v) is 4.26. The van der Waals surface area contributed by atoms with Gasteiger partial charge in [-0.05, 0) is 49.4 Å². The summed E-state index contributed by atoms with van der Waals surface area (Å²) in [5.41, 5.74) is 1.75. The summed E-state index contributed by atoms with van der Waals surface area (Å²) in [7, 11) is 0. The molecule has 0 saturated heterocycles. The molecule has 0 radical (unpaired) electrons. The van der Waals surface area contributed by atoms with Gasteiger partial charge in [0.2, 0.25) is 0 Å². The van der Waals surface area contributed by atoms with E-state index in [9.17, 15) is 9.59 Å². The van der Waals surface area contributed by atoms with Crippen LogP contribution in [0.4, 0.5) is 10.5 Å². The van der Waals surface area contributed by atoms with E-state index in [2.05, 4.69) is 26.6 Å². The van der Waals surface area contributed by atoms with E-state index < -0.39 is 5.97 Å². The lowest BCUT2D eigenvalue weighted by atomic mass is 9.96. The number of hydrogen-bond donors (Lipinski definition) is 3. The van der Waals surface area contributed by atoms with Crippen molar-refractivity contribution in [2.24, 2.45) is 11.8 Å². The largest absolute Gasteiger partial charge is 0.481 e. The molecule has 0 heterocycles. The van der Waals surface area contributed by atoms with E-state index in [-0.39, 0.29) is 17.9 Å². The van der Waals surface area contributed by atoms with Gasteiger partial charge in [0.25, 0.3) is 0 Å². The van der Waals surface area contributed by atoms with Crippen LogP contribution in [0.25, 0.3) is 0 Å². The predicted molar refractivity (Wildman–Crippen MR) is 84.4 cm³/mol. The van der Waals surface area contributed by atoms with Crippen LogP contribution < -0.4 is 10.6 Å². The van der Waals surface area contributed by atoms with Crippen LogP contribution >= 0.6 is 15.9 Å². The van der Waals surface area contributed by atoms with Crippen molar-refractivity contribution in [3.8, 4) is 0 Å². The number of carbonyl (C=O) groups excluding carboxylic acids is 1. The summed E-state index contributed by atoms with van der Waals surface area (Å²) in [6.45, 7) is 2.35. The van der Waals surface area contributed by atoms with Crippen molar-refractivity contribution >= 4 is 33.6 Å². The van der Waals surface area contributed by atoms with Gasteiger partial charge < -0.3 is 15.7 Å². The van der Waals surface area contributed by atoms with Crippen molar-refractivity contribution in [1.82, 2.24) is 5.32 Å². The molecular weight excluding hydrogens is 336 g/mol. The van der Waals surface area contributed by atoms with Crippen LogP contribution in [0.15, 0.2) is 22.7 Å². The zero-order chi connectivity index (χ0) is 15.4. The molecule has 2 amide bonds. The molecular formula is C15H19BrN2O3. The summed E-state index contributed by atoms with van der Waals surface area (Å²) >= 11 is 3.38. The first kappa shape index (κ1) is 15.8. The lowest BCUT2D eigenvalue weighted by molar-refractivity contribution is -0.142. The highest BCUT2D eigenvalue weighted by atomic mass is 79.9. The van der Waals surface area contributed by atoms with E-state index >= 15 is 0 Å². The van der Waals surface area contributed by atoms with Gasteiger partial charge in [-0.2, -0.15) is 0 Å². The maximum atomic E-state index is 11.9. The molecule has 1 aliphatic carbocycles. The number of rotatable bonds is 4. The van der Waals surface area contributed by atoms with Gasteiger partial charge in [-0.15, -0.1) is 0 Å². The molecule has 0 aromatic heterocycles. The molecule has 1 fully saturated rings. The Hall–Kier alpha value is -1.56. The Morgan fingerprint density at radius 1 is 1.33 bits per heavy atom. The summed E-state index contributed by atoms with van der Waals surface area (Å²) in [5, 5.41) is 14.6. The minimum absolute atomic E-state index is 0.0255. The van der Waals surface area contributed by atoms with Crippen molar-refractivity contribution in [3.05, 3.63) is 28.2 Å². The van der Waals surface area contributed by atoms with Gasteiger partial charge in [0, 0.05) is 16.7 Å². The number of amides is 2. The number of urea groups is 1. The first-order valence-electron chi connectivity index (χ1n) is 7.00. The molecule has 5 nitrogen and oxygen atoms in total. The maximum absolute atomic E-state index is 11.9. The fraction of sp³-hybridized carbons (Fsp3) is 0.467. The molecule has 0 aliphatic heterocycles. The topological polar surface area (TPSA) is 78.4 Å². The van der Waals surface area contributed by atoms with Crippen molar-refractivity contribution in [1.29, 1.82) is 0 Å². The van der Waals surface area contributed by atoms with Gasteiger partial charge in [0.15, 0.2) is 0 Å². The average Bonchev–Trinajstić information content (AvgIpc) is 2.83. The monoisotopic (exact) mass is 354 g/mol. The number of aliphatic carboxylic acids is 1. The third-order valence-electron chi connectivity index (χ3n) is 3.80. The molecule has 0 spiro atoms. The van der Waals surface area contributed by atoms with Crippen LogP contribution in [0.2, 0.25) is 0 Å². The first-order valence-corrected chi connectivity index (χ1v) is 7.80. The van der Waals surface area contributed by atoms with Crippen molar-refractivity contribution in [2.75, 3.05) is 11.9 Å². The van der Waals surface area contributed by atoms with Gasteiger partial charge in [-0.1, -0.05) is 22.4 Å². The van der Waals surface area contributed by atoms with E-state index in [0.29, 0.717) is 18.7 Å². The molecule has 1 saturated carbocycles. The fourth-order valence-corrected chi connectivity index (χ4v) is 3.42.